The molecule has 0 saturated heterocycles. The van der Waals surface area contributed by atoms with E-state index in [4.69, 9.17) is 0 Å². The van der Waals surface area contributed by atoms with E-state index in [0.29, 0.717) is 0 Å². The standard InChI is InChI=1S/C5H12O2S.Na/c1-4(2)5(3)8(6)7;/h4-5H,1-3H3,(H,6,7);/q;+1/p-1. The van der Waals surface area contributed by atoms with Crippen LogP contribution in [-0.2, 0) is 11.1 Å². The Morgan fingerprint density at radius 2 is 1.67 bits per heavy atom. The topological polar surface area (TPSA) is 40.1 Å². The molecule has 2 nitrogen and oxygen atoms in total. The zero-order valence-corrected chi connectivity index (χ0v) is 9.20. The van der Waals surface area contributed by atoms with Crippen molar-refractivity contribution < 1.29 is 38.3 Å². The SMILES string of the molecule is CC(C)C(C)S(=O)[O-].[Na+]. The molecule has 0 amide bonds. The van der Waals surface area contributed by atoms with Gasteiger partial charge in [-0.3, -0.25) is 4.21 Å². The van der Waals surface area contributed by atoms with Gasteiger partial charge in [0.25, 0.3) is 0 Å². The minimum absolute atomic E-state index is 0. The molecule has 0 aromatic heterocycles. The molecule has 0 aliphatic heterocycles. The Hall–Kier alpha value is 1.11. The zero-order chi connectivity index (χ0) is 6.73. The summed E-state index contributed by atoms with van der Waals surface area (Å²) in [5.74, 6) is 0.230. The summed E-state index contributed by atoms with van der Waals surface area (Å²) < 4.78 is 20.3. The summed E-state index contributed by atoms with van der Waals surface area (Å²) in [4.78, 5) is 0. The second-order valence-corrected chi connectivity index (χ2v) is 3.47. The Bertz CT molecular complexity index is 95.0. The summed E-state index contributed by atoms with van der Waals surface area (Å²) in [6.07, 6.45) is 0. The molecule has 0 fully saturated rings. The van der Waals surface area contributed by atoms with E-state index in [9.17, 15) is 8.76 Å². The fraction of sp³-hybridized carbons (Fsp3) is 1.00. The summed E-state index contributed by atoms with van der Waals surface area (Å²) in [6.45, 7) is 5.48. The van der Waals surface area contributed by atoms with Crippen LogP contribution in [0.15, 0.2) is 0 Å². The molecule has 0 aliphatic rings. The largest absolute Gasteiger partial charge is 1.00 e. The maximum absolute atomic E-state index is 10.1. The smallest absolute Gasteiger partial charge is 0.772 e. The van der Waals surface area contributed by atoms with Gasteiger partial charge in [-0.15, -0.1) is 0 Å². The van der Waals surface area contributed by atoms with E-state index in [0.717, 1.165) is 0 Å². The molecule has 0 spiro atoms. The number of hydrogen-bond donors (Lipinski definition) is 0. The fourth-order valence-electron chi connectivity index (χ4n) is 0.222. The van der Waals surface area contributed by atoms with Gasteiger partial charge in [0, 0.05) is 5.25 Å². The Labute approximate surface area is 81.0 Å². The predicted molar refractivity (Wildman–Crippen MR) is 33.2 cm³/mol. The van der Waals surface area contributed by atoms with Gasteiger partial charge < -0.3 is 4.55 Å². The van der Waals surface area contributed by atoms with Crippen LogP contribution in [0.3, 0.4) is 0 Å². The first-order valence-corrected chi connectivity index (χ1v) is 3.77. The minimum atomic E-state index is -1.89. The van der Waals surface area contributed by atoms with Crippen LogP contribution in [0.5, 0.6) is 0 Å². The quantitative estimate of drug-likeness (QED) is 0.341. The molecule has 2 atom stereocenters. The summed E-state index contributed by atoms with van der Waals surface area (Å²) in [6, 6.07) is 0. The third kappa shape index (κ3) is 5.55. The van der Waals surface area contributed by atoms with Gasteiger partial charge in [0.05, 0.1) is 0 Å². The minimum Gasteiger partial charge on any atom is -0.772 e. The summed E-state index contributed by atoms with van der Waals surface area (Å²) in [5, 5.41) is -0.213. The van der Waals surface area contributed by atoms with E-state index >= 15 is 0 Å². The Morgan fingerprint density at radius 3 is 1.67 bits per heavy atom. The van der Waals surface area contributed by atoms with Crippen molar-refractivity contribution in [1.29, 1.82) is 0 Å². The number of hydrogen-bond acceptors (Lipinski definition) is 2. The molecule has 0 radical (unpaired) electrons. The third-order valence-electron chi connectivity index (χ3n) is 1.24. The monoisotopic (exact) mass is 158 g/mol. The Kier molecular flexibility index (Phi) is 8.31. The van der Waals surface area contributed by atoms with Crippen molar-refractivity contribution in [3.05, 3.63) is 0 Å². The molecule has 4 heteroatoms. The van der Waals surface area contributed by atoms with Crippen molar-refractivity contribution in [2.24, 2.45) is 5.92 Å². The van der Waals surface area contributed by atoms with Crippen molar-refractivity contribution in [3.63, 3.8) is 0 Å². The second-order valence-electron chi connectivity index (χ2n) is 2.21. The first kappa shape index (κ1) is 12.8. The average Bonchev–Trinajstić information content (AvgIpc) is 1.64. The molecule has 2 unspecified atom stereocenters. The van der Waals surface area contributed by atoms with E-state index in [-0.39, 0.29) is 40.7 Å². The van der Waals surface area contributed by atoms with Crippen LogP contribution < -0.4 is 29.6 Å². The Balaban J connectivity index is 0. The van der Waals surface area contributed by atoms with E-state index in [2.05, 4.69) is 0 Å². The molecule has 9 heavy (non-hydrogen) atoms. The first-order chi connectivity index (χ1) is 3.55. The first-order valence-electron chi connectivity index (χ1n) is 2.63. The van der Waals surface area contributed by atoms with Gasteiger partial charge in [0.2, 0.25) is 0 Å². The van der Waals surface area contributed by atoms with Gasteiger partial charge in [-0.2, -0.15) is 0 Å². The zero-order valence-electron chi connectivity index (χ0n) is 6.38. The molecule has 0 saturated carbocycles. The molecule has 0 aromatic rings. The predicted octanol–water partition coefficient (Wildman–Crippen LogP) is -2.09. The van der Waals surface area contributed by atoms with Crippen LogP contribution in [0.4, 0.5) is 0 Å². The van der Waals surface area contributed by atoms with E-state index in [1.54, 1.807) is 6.92 Å². The van der Waals surface area contributed by atoms with E-state index in [1.165, 1.54) is 0 Å². The average molecular weight is 158 g/mol. The molecule has 0 aromatic carbocycles. The normalized spacial score (nSPS) is 16.6. The molecular formula is C5H11NaO2S. The molecule has 0 heterocycles. The Morgan fingerprint density at radius 1 is 1.33 bits per heavy atom. The van der Waals surface area contributed by atoms with Crippen LogP contribution in [0.25, 0.3) is 0 Å². The van der Waals surface area contributed by atoms with Crippen molar-refractivity contribution in [2.45, 2.75) is 26.0 Å². The van der Waals surface area contributed by atoms with Crippen LogP contribution in [-0.4, -0.2) is 14.0 Å². The molecular weight excluding hydrogens is 147 g/mol. The van der Waals surface area contributed by atoms with Crippen LogP contribution in [0.1, 0.15) is 20.8 Å². The molecule has 0 aliphatic carbocycles. The van der Waals surface area contributed by atoms with Gasteiger partial charge in [0.15, 0.2) is 0 Å². The summed E-state index contributed by atoms with van der Waals surface area (Å²) in [7, 11) is 0. The molecule has 50 valence electrons. The van der Waals surface area contributed by atoms with Gasteiger partial charge >= 0.3 is 29.6 Å². The van der Waals surface area contributed by atoms with Crippen LogP contribution in [0, 0.1) is 5.92 Å². The van der Waals surface area contributed by atoms with E-state index in [1.807, 2.05) is 13.8 Å². The van der Waals surface area contributed by atoms with Crippen molar-refractivity contribution in [3.8, 4) is 0 Å². The van der Waals surface area contributed by atoms with Gasteiger partial charge in [-0.25, -0.2) is 0 Å². The maximum Gasteiger partial charge on any atom is 1.00 e. The van der Waals surface area contributed by atoms with Gasteiger partial charge in [-0.05, 0) is 5.92 Å². The maximum atomic E-state index is 10.1. The molecule has 0 bridgehead atoms. The second kappa shape index (κ2) is 5.86. The van der Waals surface area contributed by atoms with E-state index < -0.39 is 11.1 Å². The van der Waals surface area contributed by atoms with Gasteiger partial charge in [0.1, 0.15) is 0 Å². The van der Waals surface area contributed by atoms with Crippen molar-refractivity contribution in [1.82, 2.24) is 0 Å². The molecule has 0 rings (SSSR count). The van der Waals surface area contributed by atoms with Crippen LogP contribution >= 0.6 is 0 Å². The van der Waals surface area contributed by atoms with Crippen LogP contribution in [0.2, 0.25) is 0 Å². The number of rotatable bonds is 2. The third-order valence-corrected chi connectivity index (χ3v) is 2.39. The summed E-state index contributed by atoms with van der Waals surface area (Å²) >= 11 is -1.89. The fourth-order valence-corrected chi connectivity index (χ4v) is 0.667. The van der Waals surface area contributed by atoms with Gasteiger partial charge in [-0.1, -0.05) is 31.9 Å². The molecule has 0 N–H and O–H groups in total. The summed E-state index contributed by atoms with van der Waals surface area (Å²) in [5.41, 5.74) is 0. The van der Waals surface area contributed by atoms with Crippen molar-refractivity contribution in [2.75, 3.05) is 0 Å². The van der Waals surface area contributed by atoms with Crippen molar-refractivity contribution >= 4 is 11.1 Å².